The number of nitrogens with one attached hydrogen (secondary N) is 1. The van der Waals surface area contributed by atoms with Gasteiger partial charge in [0.1, 0.15) is 17.5 Å². The second-order valence-electron chi connectivity index (χ2n) is 3.93. The van der Waals surface area contributed by atoms with Crippen molar-refractivity contribution in [2.75, 3.05) is 11.1 Å². The first-order valence-electron chi connectivity index (χ1n) is 5.39. The maximum Gasteiger partial charge on any atom is 0.135 e. The lowest BCUT2D eigenvalue weighted by Gasteiger charge is -2.10. The highest BCUT2D eigenvalue weighted by Crippen LogP contribution is 2.17. The van der Waals surface area contributed by atoms with Gasteiger partial charge in [0.15, 0.2) is 0 Å². The van der Waals surface area contributed by atoms with Gasteiger partial charge in [-0.15, -0.1) is 0 Å². The van der Waals surface area contributed by atoms with E-state index in [0.717, 1.165) is 17.1 Å². The lowest BCUT2D eigenvalue weighted by atomic mass is 10.3. The molecule has 0 atom stereocenters. The van der Waals surface area contributed by atoms with Crippen LogP contribution >= 0.6 is 0 Å². The summed E-state index contributed by atoms with van der Waals surface area (Å²) in [5, 5.41) is 7.35. The van der Waals surface area contributed by atoms with Gasteiger partial charge >= 0.3 is 0 Å². The highest BCUT2D eigenvalue weighted by atomic mass is 15.3. The molecule has 2 aromatic heterocycles. The lowest BCUT2D eigenvalue weighted by Crippen LogP contribution is -2.10. The first-order valence-corrected chi connectivity index (χ1v) is 5.39. The van der Waals surface area contributed by atoms with Crippen LogP contribution in [0.15, 0.2) is 12.3 Å². The van der Waals surface area contributed by atoms with Crippen molar-refractivity contribution in [2.45, 2.75) is 20.4 Å². The molecule has 2 aromatic rings. The predicted molar refractivity (Wildman–Crippen MR) is 66.5 cm³/mol. The molecule has 6 heteroatoms. The topological polar surface area (TPSA) is 81.6 Å². The third-order valence-corrected chi connectivity index (χ3v) is 2.65. The van der Waals surface area contributed by atoms with Crippen LogP contribution in [0.4, 0.5) is 11.6 Å². The summed E-state index contributed by atoms with van der Waals surface area (Å²) in [6.07, 6.45) is 1.77. The van der Waals surface area contributed by atoms with E-state index < -0.39 is 0 Å². The minimum absolute atomic E-state index is 0.519. The van der Waals surface area contributed by atoms with Gasteiger partial charge in [-0.05, 0) is 19.9 Å². The van der Waals surface area contributed by atoms with E-state index in [1.54, 1.807) is 6.20 Å². The summed E-state index contributed by atoms with van der Waals surface area (Å²) in [7, 11) is 1.91. The van der Waals surface area contributed by atoms with E-state index in [2.05, 4.69) is 20.4 Å². The van der Waals surface area contributed by atoms with Crippen molar-refractivity contribution in [3.8, 4) is 0 Å². The molecule has 0 fully saturated rings. The molecule has 3 N–H and O–H groups in total. The largest absolute Gasteiger partial charge is 0.383 e. The molecule has 17 heavy (non-hydrogen) atoms. The molecule has 0 amide bonds. The Hall–Kier alpha value is -2.11. The van der Waals surface area contributed by atoms with E-state index in [9.17, 15) is 0 Å². The standard InChI is InChI=1S/C11H16N6/c1-7-10(12)15-8(2)16-11(7)13-6-9-4-5-14-17(9)3/h4-5H,6H2,1-3H3,(H3,12,13,15,16). The highest BCUT2D eigenvalue weighted by molar-refractivity contribution is 5.54. The van der Waals surface area contributed by atoms with Crippen LogP contribution in [0.25, 0.3) is 0 Å². The fraction of sp³-hybridized carbons (Fsp3) is 0.364. The number of nitrogens with zero attached hydrogens (tertiary/aromatic N) is 4. The number of rotatable bonds is 3. The summed E-state index contributed by atoms with van der Waals surface area (Å²) in [5.74, 6) is 1.96. The molecule has 0 aromatic carbocycles. The van der Waals surface area contributed by atoms with Crippen LogP contribution in [0.3, 0.4) is 0 Å². The molecule has 0 aliphatic rings. The Balaban J connectivity index is 2.17. The molecule has 0 saturated carbocycles. The third-order valence-electron chi connectivity index (χ3n) is 2.65. The summed E-state index contributed by atoms with van der Waals surface area (Å²) in [6, 6.07) is 1.96. The molecule has 0 radical (unpaired) electrons. The zero-order valence-corrected chi connectivity index (χ0v) is 10.2. The number of hydrogen-bond donors (Lipinski definition) is 2. The van der Waals surface area contributed by atoms with Gasteiger partial charge in [-0.2, -0.15) is 5.10 Å². The number of aromatic nitrogens is 4. The first-order chi connectivity index (χ1) is 8.08. The Morgan fingerprint density at radius 1 is 1.35 bits per heavy atom. The van der Waals surface area contributed by atoms with Gasteiger partial charge < -0.3 is 11.1 Å². The molecular weight excluding hydrogens is 216 g/mol. The van der Waals surface area contributed by atoms with Crippen molar-refractivity contribution in [1.29, 1.82) is 0 Å². The number of nitrogens with two attached hydrogens (primary N) is 1. The van der Waals surface area contributed by atoms with E-state index in [4.69, 9.17) is 5.73 Å². The van der Waals surface area contributed by atoms with Crippen molar-refractivity contribution in [3.05, 3.63) is 29.3 Å². The van der Waals surface area contributed by atoms with Crippen molar-refractivity contribution >= 4 is 11.6 Å². The Kier molecular flexibility index (Phi) is 2.95. The zero-order valence-electron chi connectivity index (χ0n) is 10.2. The maximum absolute atomic E-state index is 5.79. The summed E-state index contributed by atoms with van der Waals surface area (Å²) < 4.78 is 1.82. The Morgan fingerprint density at radius 2 is 2.12 bits per heavy atom. The third kappa shape index (κ3) is 2.35. The van der Waals surface area contributed by atoms with Gasteiger partial charge in [0.05, 0.1) is 12.2 Å². The van der Waals surface area contributed by atoms with Crippen molar-refractivity contribution in [2.24, 2.45) is 7.05 Å². The SMILES string of the molecule is Cc1nc(N)c(C)c(NCc2ccnn2C)n1. The number of aryl methyl sites for hydroxylation is 2. The molecule has 2 heterocycles. The Morgan fingerprint density at radius 3 is 2.76 bits per heavy atom. The van der Waals surface area contributed by atoms with Crippen molar-refractivity contribution in [3.63, 3.8) is 0 Å². The number of anilines is 2. The summed E-state index contributed by atoms with van der Waals surface area (Å²) in [5.41, 5.74) is 7.75. The Labute approximate surface area is 99.9 Å². The fourth-order valence-corrected chi connectivity index (χ4v) is 1.57. The minimum Gasteiger partial charge on any atom is -0.383 e. The van der Waals surface area contributed by atoms with Gasteiger partial charge in [-0.1, -0.05) is 0 Å². The van der Waals surface area contributed by atoms with Gasteiger partial charge in [-0.3, -0.25) is 4.68 Å². The van der Waals surface area contributed by atoms with Crippen LogP contribution in [0.1, 0.15) is 17.1 Å². The van der Waals surface area contributed by atoms with Crippen LogP contribution in [-0.2, 0) is 13.6 Å². The molecule has 6 nitrogen and oxygen atoms in total. The molecular formula is C11H16N6. The predicted octanol–water partition coefficient (Wildman–Crippen LogP) is 1.02. The van der Waals surface area contributed by atoms with Crippen LogP contribution in [0.2, 0.25) is 0 Å². The average molecular weight is 232 g/mol. The second-order valence-corrected chi connectivity index (χ2v) is 3.93. The number of hydrogen-bond acceptors (Lipinski definition) is 5. The molecule has 90 valence electrons. The van der Waals surface area contributed by atoms with Crippen LogP contribution in [0, 0.1) is 13.8 Å². The van der Waals surface area contributed by atoms with Crippen molar-refractivity contribution in [1.82, 2.24) is 19.7 Å². The molecule has 0 aliphatic carbocycles. The quantitative estimate of drug-likeness (QED) is 0.825. The van der Waals surface area contributed by atoms with Gasteiger partial charge in [0.25, 0.3) is 0 Å². The van der Waals surface area contributed by atoms with Gasteiger partial charge in [-0.25, -0.2) is 9.97 Å². The number of nitrogen functional groups attached to an aromatic ring is 1. The molecule has 0 bridgehead atoms. The zero-order chi connectivity index (χ0) is 12.4. The van der Waals surface area contributed by atoms with Gasteiger partial charge in [0, 0.05) is 18.8 Å². The lowest BCUT2D eigenvalue weighted by molar-refractivity contribution is 0.719. The van der Waals surface area contributed by atoms with E-state index >= 15 is 0 Å². The molecule has 0 spiro atoms. The molecule has 0 saturated heterocycles. The highest BCUT2D eigenvalue weighted by Gasteiger charge is 2.07. The average Bonchev–Trinajstić information content (AvgIpc) is 2.67. The van der Waals surface area contributed by atoms with Crippen LogP contribution in [0.5, 0.6) is 0 Å². The monoisotopic (exact) mass is 232 g/mol. The Bertz CT molecular complexity index is 531. The van der Waals surface area contributed by atoms with E-state index in [1.807, 2.05) is 31.6 Å². The molecule has 2 rings (SSSR count). The summed E-state index contributed by atoms with van der Waals surface area (Å²) in [4.78, 5) is 8.44. The summed E-state index contributed by atoms with van der Waals surface area (Å²) in [6.45, 7) is 4.39. The molecule has 0 aliphatic heterocycles. The van der Waals surface area contributed by atoms with Crippen molar-refractivity contribution < 1.29 is 0 Å². The van der Waals surface area contributed by atoms with E-state index in [1.165, 1.54) is 0 Å². The first kappa shape index (κ1) is 11.4. The van der Waals surface area contributed by atoms with Gasteiger partial charge in [0.2, 0.25) is 0 Å². The van der Waals surface area contributed by atoms with E-state index in [0.29, 0.717) is 18.2 Å². The smallest absolute Gasteiger partial charge is 0.135 e. The van der Waals surface area contributed by atoms with Crippen LogP contribution in [-0.4, -0.2) is 19.7 Å². The second kappa shape index (κ2) is 4.40. The van der Waals surface area contributed by atoms with Crippen LogP contribution < -0.4 is 11.1 Å². The summed E-state index contributed by atoms with van der Waals surface area (Å²) >= 11 is 0. The van der Waals surface area contributed by atoms with E-state index in [-0.39, 0.29) is 0 Å². The maximum atomic E-state index is 5.79. The molecule has 0 unspecified atom stereocenters. The normalized spacial score (nSPS) is 10.5. The minimum atomic E-state index is 0.519. The fourth-order valence-electron chi connectivity index (χ4n) is 1.57.